The molecule has 1 aromatic heterocycles. The zero-order chi connectivity index (χ0) is 13.0. The van der Waals surface area contributed by atoms with Crippen molar-refractivity contribution in [2.24, 2.45) is 0 Å². The summed E-state index contributed by atoms with van der Waals surface area (Å²) in [6.45, 7) is 1.77. The van der Waals surface area contributed by atoms with Crippen LogP contribution in [-0.2, 0) is 10.6 Å². The summed E-state index contributed by atoms with van der Waals surface area (Å²) in [5.41, 5.74) is -0.483. The highest BCUT2D eigenvalue weighted by Crippen LogP contribution is 2.27. The van der Waals surface area contributed by atoms with E-state index in [1.165, 1.54) is 6.07 Å². The van der Waals surface area contributed by atoms with Gasteiger partial charge in [0.2, 0.25) is 0 Å². The SMILES string of the molecule is CCOC(=O)c1nc(C(F)F)c(CCl)cc1Br. The maximum Gasteiger partial charge on any atom is 0.358 e. The van der Waals surface area contributed by atoms with E-state index in [1.807, 2.05) is 0 Å². The van der Waals surface area contributed by atoms with Crippen LogP contribution >= 0.6 is 27.5 Å². The minimum atomic E-state index is -2.79. The quantitative estimate of drug-likeness (QED) is 0.625. The van der Waals surface area contributed by atoms with Crippen LogP contribution in [0.1, 0.15) is 35.1 Å². The Balaban J connectivity index is 3.24. The Morgan fingerprint density at radius 1 is 1.65 bits per heavy atom. The first-order valence-corrected chi connectivity index (χ1v) is 6.04. The number of pyridine rings is 1. The molecular formula is C10H9BrClF2NO2. The fourth-order valence-electron chi connectivity index (χ4n) is 1.18. The topological polar surface area (TPSA) is 39.2 Å². The summed E-state index contributed by atoms with van der Waals surface area (Å²) < 4.78 is 30.4. The highest BCUT2D eigenvalue weighted by molar-refractivity contribution is 9.10. The van der Waals surface area contributed by atoms with Crippen LogP contribution in [0.3, 0.4) is 0 Å². The highest BCUT2D eigenvalue weighted by Gasteiger charge is 2.21. The smallest absolute Gasteiger partial charge is 0.358 e. The van der Waals surface area contributed by atoms with E-state index in [0.29, 0.717) is 0 Å². The molecule has 0 bridgehead atoms. The van der Waals surface area contributed by atoms with E-state index in [9.17, 15) is 13.6 Å². The molecular weight excluding hydrogens is 319 g/mol. The molecule has 0 fully saturated rings. The zero-order valence-corrected chi connectivity index (χ0v) is 11.2. The monoisotopic (exact) mass is 327 g/mol. The van der Waals surface area contributed by atoms with Gasteiger partial charge >= 0.3 is 5.97 Å². The van der Waals surface area contributed by atoms with Crippen molar-refractivity contribution >= 4 is 33.5 Å². The molecule has 0 aromatic carbocycles. The van der Waals surface area contributed by atoms with Gasteiger partial charge in [-0.1, -0.05) is 0 Å². The second kappa shape index (κ2) is 6.26. The van der Waals surface area contributed by atoms with E-state index < -0.39 is 18.1 Å². The number of alkyl halides is 3. The number of esters is 1. The van der Waals surface area contributed by atoms with E-state index in [0.717, 1.165) is 0 Å². The average molecular weight is 329 g/mol. The molecule has 1 rings (SSSR count). The molecule has 0 saturated heterocycles. The van der Waals surface area contributed by atoms with Gasteiger partial charge < -0.3 is 4.74 Å². The number of ether oxygens (including phenoxy) is 1. The van der Waals surface area contributed by atoms with Crippen molar-refractivity contribution in [2.45, 2.75) is 19.2 Å². The van der Waals surface area contributed by atoms with Crippen molar-refractivity contribution in [3.8, 4) is 0 Å². The highest BCUT2D eigenvalue weighted by atomic mass is 79.9. The third-order valence-corrected chi connectivity index (χ3v) is 2.80. The number of aromatic nitrogens is 1. The van der Waals surface area contributed by atoms with Gasteiger partial charge in [-0.3, -0.25) is 0 Å². The third-order valence-electron chi connectivity index (χ3n) is 1.91. The minimum absolute atomic E-state index is 0.103. The van der Waals surface area contributed by atoms with Crippen LogP contribution in [0.4, 0.5) is 8.78 Å². The molecule has 0 amide bonds. The Labute approximate surface area is 110 Å². The average Bonchev–Trinajstić information content (AvgIpc) is 2.28. The fraction of sp³-hybridized carbons (Fsp3) is 0.400. The number of carbonyl (C=O) groups excluding carboxylic acids is 1. The van der Waals surface area contributed by atoms with Crippen molar-refractivity contribution in [3.05, 3.63) is 27.5 Å². The van der Waals surface area contributed by atoms with Crippen LogP contribution in [0.2, 0.25) is 0 Å². The summed E-state index contributed by atoms with van der Waals surface area (Å²) in [5.74, 6) is -0.851. The van der Waals surface area contributed by atoms with Gasteiger partial charge in [0.05, 0.1) is 11.1 Å². The van der Waals surface area contributed by atoms with Gasteiger partial charge in [-0.25, -0.2) is 18.6 Å². The van der Waals surface area contributed by atoms with E-state index in [4.69, 9.17) is 16.3 Å². The first kappa shape index (κ1) is 14.3. The summed E-state index contributed by atoms with van der Waals surface area (Å²) in [7, 11) is 0. The molecule has 0 unspecified atom stereocenters. The van der Waals surface area contributed by atoms with Crippen LogP contribution in [0.25, 0.3) is 0 Å². The zero-order valence-electron chi connectivity index (χ0n) is 8.84. The molecule has 0 spiro atoms. The number of carbonyl (C=O) groups is 1. The van der Waals surface area contributed by atoms with Crippen molar-refractivity contribution in [3.63, 3.8) is 0 Å². The Kier molecular flexibility index (Phi) is 5.27. The molecule has 0 aliphatic rings. The van der Waals surface area contributed by atoms with Gasteiger partial charge in [-0.2, -0.15) is 0 Å². The largest absolute Gasteiger partial charge is 0.461 e. The summed E-state index contributed by atoms with van der Waals surface area (Å²) in [4.78, 5) is 15.1. The van der Waals surface area contributed by atoms with Gasteiger partial charge in [-0.15, -0.1) is 11.6 Å². The molecule has 0 saturated carbocycles. The number of hydrogen-bond donors (Lipinski definition) is 0. The van der Waals surface area contributed by atoms with Gasteiger partial charge in [-0.05, 0) is 34.5 Å². The number of hydrogen-bond acceptors (Lipinski definition) is 3. The minimum Gasteiger partial charge on any atom is -0.461 e. The molecule has 17 heavy (non-hydrogen) atoms. The second-order valence-corrected chi connectivity index (χ2v) is 4.14. The van der Waals surface area contributed by atoms with Gasteiger partial charge in [0, 0.05) is 5.88 Å². The standard InChI is InChI=1S/C10H9BrClF2NO2/c1-2-17-10(16)8-6(11)3-5(4-12)7(15-8)9(13)14/h3,9H,2,4H2,1H3. The Hall–Kier alpha value is -0.750. The molecule has 3 nitrogen and oxygen atoms in total. The summed E-state index contributed by atoms with van der Waals surface area (Å²) in [6, 6.07) is 1.35. The van der Waals surface area contributed by atoms with Crippen molar-refractivity contribution < 1.29 is 18.3 Å². The molecule has 0 atom stereocenters. The van der Waals surface area contributed by atoms with Crippen LogP contribution in [-0.4, -0.2) is 17.6 Å². The van der Waals surface area contributed by atoms with Crippen LogP contribution in [0.5, 0.6) is 0 Å². The first-order chi connectivity index (χ1) is 8.01. The Bertz CT molecular complexity index is 429. The van der Waals surface area contributed by atoms with Crippen molar-refractivity contribution in [1.29, 1.82) is 0 Å². The summed E-state index contributed by atoms with van der Waals surface area (Å²) in [5, 5.41) is 0. The Morgan fingerprint density at radius 2 is 2.29 bits per heavy atom. The summed E-state index contributed by atoms with van der Waals surface area (Å²) in [6.07, 6.45) is -2.79. The molecule has 0 N–H and O–H groups in total. The predicted molar refractivity (Wildman–Crippen MR) is 62.4 cm³/mol. The third kappa shape index (κ3) is 3.35. The lowest BCUT2D eigenvalue weighted by Crippen LogP contribution is -2.11. The maximum absolute atomic E-state index is 12.7. The lowest BCUT2D eigenvalue weighted by Gasteiger charge is -2.09. The van der Waals surface area contributed by atoms with Crippen molar-refractivity contribution in [2.75, 3.05) is 6.61 Å². The molecule has 0 aliphatic heterocycles. The Morgan fingerprint density at radius 3 is 2.76 bits per heavy atom. The number of halogens is 4. The van der Waals surface area contributed by atoms with E-state index in [-0.39, 0.29) is 28.2 Å². The van der Waals surface area contributed by atoms with Crippen LogP contribution in [0, 0.1) is 0 Å². The normalized spacial score (nSPS) is 10.7. The molecule has 94 valence electrons. The fourth-order valence-corrected chi connectivity index (χ4v) is 1.92. The predicted octanol–water partition coefficient (Wildman–Crippen LogP) is 3.70. The van der Waals surface area contributed by atoms with Crippen LogP contribution in [0.15, 0.2) is 10.5 Å². The van der Waals surface area contributed by atoms with E-state index >= 15 is 0 Å². The van der Waals surface area contributed by atoms with Gasteiger partial charge in [0.1, 0.15) is 5.69 Å². The number of nitrogens with zero attached hydrogens (tertiary/aromatic N) is 1. The lowest BCUT2D eigenvalue weighted by molar-refractivity contribution is 0.0516. The molecule has 0 aliphatic carbocycles. The lowest BCUT2D eigenvalue weighted by atomic mass is 10.2. The van der Waals surface area contributed by atoms with Gasteiger partial charge in [0.15, 0.2) is 5.69 Å². The van der Waals surface area contributed by atoms with E-state index in [1.54, 1.807) is 6.92 Å². The number of rotatable bonds is 4. The van der Waals surface area contributed by atoms with Crippen LogP contribution < -0.4 is 0 Å². The van der Waals surface area contributed by atoms with E-state index in [2.05, 4.69) is 20.9 Å². The molecule has 7 heteroatoms. The van der Waals surface area contributed by atoms with Gasteiger partial charge in [0.25, 0.3) is 6.43 Å². The molecule has 1 aromatic rings. The first-order valence-electron chi connectivity index (χ1n) is 4.71. The summed E-state index contributed by atoms with van der Waals surface area (Å²) >= 11 is 8.61. The molecule has 1 heterocycles. The van der Waals surface area contributed by atoms with Crippen molar-refractivity contribution in [1.82, 2.24) is 4.98 Å². The second-order valence-electron chi connectivity index (χ2n) is 3.02. The maximum atomic E-state index is 12.7. The molecule has 0 radical (unpaired) electrons.